The van der Waals surface area contributed by atoms with E-state index in [0.29, 0.717) is 0 Å². The molecule has 47 heavy (non-hydrogen) atoms. The number of aliphatic imine (C=N–C) groups is 2. The maximum Gasteiger partial charge on any atom is 0.169 e. The molecular weight excluding hydrogens is 573 g/mol. The van der Waals surface area contributed by atoms with Crippen molar-refractivity contribution in [1.82, 2.24) is 9.88 Å². The van der Waals surface area contributed by atoms with Crippen LogP contribution < -0.4 is 5.32 Å². The molecule has 4 nitrogen and oxygen atoms in total. The highest BCUT2D eigenvalue weighted by Crippen LogP contribution is 2.37. The lowest BCUT2D eigenvalue weighted by atomic mass is 10.0. The third-order valence-corrected chi connectivity index (χ3v) is 9.02. The fourth-order valence-corrected chi connectivity index (χ4v) is 6.81. The summed E-state index contributed by atoms with van der Waals surface area (Å²) < 4.78 is 2.37. The second-order valence-electron chi connectivity index (χ2n) is 11.9. The van der Waals surface area contributed by atoms with E-state index in [0.717, 1.165) is 39.6 Å². The highest BCUT2D eigenvalue weighted by Gasteiger charge is 2.22. The zero-order chi connectivity index (χ0) is 31.2. The van der Waals surface area contributed by atoms with Crippen molar-refractivity contribution in [3.05, 3.63) is 187 Å². The van der Waals surface area contributed by atoms with Crippen LogP contribution in [-0.4, -0.2) is 16.2 Å². The maximum atomic E-state index is 5.23. The number of aromatic nitrogens is 1. The highest BCUT2D eigenvalue weighted by atomic mass is 15.2. The van der Waals surface area contributed by atoms with E-state index in [1.807, 2.05) is 24.3 Å². The SMILES string of the molecule is c1ccc(C2=NC(c3cccc(-c4ccccc4)c3)N=C(c3cccc(-n4c5ccccc5c5c6ccccc6ccc54)c3)N2)cc1. The number of hydrogen-bond acceptors (Lipinski definition) is 3. The summed E-state index contributed by atoms with van der Waals surface area (Å²) in [6.45, 7) is 0. The van der Waals surface area contributed by atoms with Crippen LogP contribution in [0.2, 0.25) is 0 Å². The van der Waals surface area contributed by atoms with E-state index in [1.165, 1.54) is 38.1 Å². The van der Waals surface area contributed by atoms with Gasteiger partial charge in [0.15, 0.2) is 6.17 Å². The lowest BCUT2D eigenvalue weighted by molar-refractivity contribution is 0.756. The minimum atomic E-state index is -0.395. The van der Waals surface area contributed by atoms with Crippen molar-refractivity contribution in [2.45, 2.75) is 6.17 Å². The Morgan fingerprint density at radius 1 is 0.447 bits per heavy atom. The molecule has 1 N–H and O–H groups in total. The fourth-order valence-electron chi connectivity index (χ4n) is 6.81. The van der Waals surface area contributed by atoms with Gasteiger partial charge in [-0.05, 0) is 57.8 Å². The van der Waals surface area contributed by atoms with Gasteiger partial charge in [-0.25, -0.2) is 9.98 Å². The minimum Gasteiger partial charge on any atom is -0.324 e. The van der Waals surface area contributed by atoms with Crippen LogP contribution in [0.1, 0.15) is 22.9 Å². The first kappa shape index (κ1) is 27.1. The van der Waals surface area contributed by atoms with Crippen molar-refractivity contribution in [1.29, 1.82) is 0 Å². The predicted molar refractivity (Wildman–Crippen MR) is 196 cm³/mol. The summed E-state index contributed by atoms with van der Waals surface area (Å²) >= 11 is 0. The Kier molecular flexibility index (Phi) is 6.50. The summed E-state index contributed by atoms with van der Waals surface area (Å²) in [5, 5.41) is 8.62. The Morgan fingerprint density at radius 3 is 1.91 bits per heavy atom. The predicted octanol–water partition coefficient (Wildman–Crippen LogP) is 10.1. The summed E-state index contributed by atoms with van der Waals surface area (Å²) in [4.78, 5) is 10.4. The lowest BCUT2D eigenvalue weighted by Crippen LogP contribution is -2.36. The van der Waals surface area contributed by atoms with Crippen LogP contribution in [0.4, 0.5) is 0 Å². The maximum absolute atomic E-state index is 5.23. The molecule has 4 heteroatoms. The van der Waals surface area contributed by atoms with Crippen LogP contribution in [0.3, 0.4) is 0 Å². The number of fused-ring (bicyclic) bond motifs is 5. The molecule has 0 amide bonds. The molecule has 222 valence electrons. The van der Waals surface area contributed by atoms with Crippen molar-refractivity contribution in [3.8, 4) is 16.8 Å². The Labute approximate surface area is 273 Å². The van der Waals surface area contributed by atoms with Crippen molar-refractivity contribution < 1.29 is 0 Å². The van der Waals surface area contributed by atoms with Gasteiger partial charge in [0.05, 0.1) is 11.0 Å². The van der Waals surface area contributed by atoms with Gasteiger partial charge in [0.25, 0.3) is 0 Å². The Bertz CT molecular complexity index is 2490. The molecule has 0 bridgehead atoms. The molecule has 1 aliphatic rings. The molecule has 0 saturated carbocycles. The van der Waals surface area contributed by atoms with E-state index >= 15 is 0 Å². The summed E-state index contributed by atoms with van der Waals surface area (Å²) in [6, 6.07) is 59.8. The fraction of sp³-hybridized carbons (Fsp3) is 0.0233. The molecule has 0 spiro atoms. The van der Waals surface area contributed by atoms with Crippen molar-refractivity contribution in [2.24, 2.45) is 9.98 Å². The zero-order valence-electron chi connectivity index (χ0n) is 25.6. The second kappa shape index (κ2) is 11.3. The van der Waals surface area contributed by atoms with E-state index in [2.05, 4.69) is 155 Å². The molecule has 1 aliphatic heterocycles. The summed E-state index contributed by atoms with van der Waals surface area (Å²) in [5.41, 5.74) is 8.84. The van der Waals surface area contributed by atoms with Crippen LogP contribution in [0.25, 0.3) is 49.4 Å². The van der Waals surface area contributed by atoms with Gasteiger partial charge in [0.1, 0.15) is 11.7 Å². The van der Waals surface area contributed by atoms with Gasteiger partial charge in [-0.3, -0.25) is 0 Å². The quantitative estimate of drug-likeness (QED) is 0.209. The van der Waals surface area contributed by atoms with Crippen LogP contribution in [0, 0.1) is 0 Å². The molecule has 7 aromatic carbocycles. The van der Waals surface area contributed by atoms with E-state index in [9.17, 15) is 0 Å². The summed E-state index contributed by atoms with van der Waals surface area (Å²) in [6.07, 6.45) is -0.395. The highest BCUT2D eigenvalue weighted by molar-refractivity contribution is 6.21. The molecule has 8 aromatic rings. The average Bonchev–Trinajstić information content (AvgIpc) is 3.50. The van der Waals surface area contributed by atoms with Gasteiger partial charge >= 0.3 is 0 Å². The molecule has 9 rings (SSSR count). The van der Waals surface area contributed by atoms with E-state index in [1.54, 1.807) is 0 Å². The summed E-state index contributed by atoms with van der Waals surface area (Å²) in [7, 11) is 0. The number of hydrogen-bond donors (Lipinski definition) is 1. The van der Waals surface area contributed by atoms with Gasteiger partial charge < -0.3 is 9.88 Å². The first-order valence-corrected chi connectivity index (χ1v) is 16.0. The van der Waals surface area contributed by atoms with Gasteiger partial charge in [-0.1, -0.05) is 140 Å². The van der Waals surface area contributed by atoms with E-state index < -0.39 is 6.17 Å². The molecule has 2 heterocycles. The van der Waals surface area contributed by atoms with Crippen LogP contribution in [0.5, 0.6) is 0 Å². The number of nitrogens with one attached hydrogen (secondary N) is 1. The topological polar surface area (TPSA) is 41.7 Å². The molecule has 0 fully saturated rings. The normalized spacial score (nSPS) is 14.6. The van der Waals surface area contributed by atoms with Gasteiger partial charge in [0.2, 0.25) is 0 Å². The van der Waals surface area contributed by atoms with E-state index in [4.69, 9.17) is 9.98 Å². The molecule has 0 saturated heterocycles. The first-order valence-electron chi connectivity index (χ1n) is 16.0. The van der Waals surface area contributed by atoms with Crippen LogP contribution in [-0.2, 0) is 0 Å². The van der Waals surface area contributed by atoms with Crippen LogP contribution in [0.15, 0.2) is 180 Å². The lowest BCUT2D eigenvalue weighted by Gasteiger charge is -2.23. The van der Waals surface area contributed by atoms with Crippen molar-refractivity contribution >= 4 is 44.2 Å². The first-order chi connectivity index (χ1) is 23.3. The van der Waals surface area contributed by atoms with Gasteiger partial charge in [-0.2, -0.15) is 0 Å². The molecule has 1 aromatic heterocycles. The van der Waals surface area contributed by atoms with Crippen LogP contribution >= 0.6 is 0 Å². The van der Waals surface area contributed by atoms with Gasteiger partial charge in [0, 0.05) is 27.6 Å². The van der Waals surface area contributed by atoms with Gasteiger partial charge in [-0.15, -0.1) is 0 Å². The third-order valence-electron chi connectivity index (χ3n) is 9.02. The molecule has 0 aliphatic carbocycles. The number of rotatable bonds is 5. The largest absolute Gasteiger partial charge is 0.324 e. The molecule has 0 radical (unpaired) electrons. The summed E-state index contributed by atoms with van der Waals surface area (Å²) in [5.74, 6) is 1.60. The number of amidine groups is 2. The molecule has 1 atom stereocenters. The van der Waals surface area contributed by atoms with Crippen molar-refractivity contribution in [3.63, 3.8) is 0 Å². The number of para-hydroxylation sites is 1. The smallest absolute Gasteiger partial charge is 0.169 e. The average molecular weight is 603 g/mol. The molecular formula is C43H30N4. The number of nitrogens with zero attached hydrogens (tertiary/aromatic N) is 3. The molecule has 1 unspecified atom stereocenters. The minimum absolute atomic E-state index is 0.395. The Balaban J connectivity index is 1.19. The van der Waals surface area contributed by atoms with E-state index in [-0.39, 0.29) is 0 Å². The monoisotopic (exact) mass is 602 g/mol. The Morgan fingerprint density at radius 2 is 1.09 bits per heavy atom. The number of benzene rings is 7. The third kappa shape index (κ3) is 4.79. The van der Waals surface area contributed by atoms with Crippen molar-refractivity contribution in [2.75, 3.05) is 0 Å². The second-order valence-corrected chi connectivity index (χ2v) is 11.9. The standard InChI is InChI=1S/C43H30N4/c1-3-13-29(14-4-1)32-18-11-19-33(27-32)42-44-41(31-16-5-2-6-17-31)45-43(46-42)34-20-12-21-35(28-34)47-38-24-10-9-23-37(38)40-36-22-8-7-15-30(36)25-26-39(40)47/h1-28,42H,(H,44,45,46). The zero-order valence-corrected chi connectivity index (χ0v) is 25.6. The Hall–Kier alpha value is -6.26.